The molecule has 11 amide bonds. The zero-order valence-electron chi connectivity index (χ0n) is 60.6. The summed E-state index contributed by atoms with van der Waals surface area (Å²) in [6.07, 6.45) is -14.1. The number of carbonyl (C=O) groups excluding carboxylic acids is 12. The van der Waals surface area contributed by atoms with Crippen molar-refractivity contribution in [2.45, 2.75) is 230 Å². The molecule has 1 aromatic carbocycles. The van der Waals surface area contributed by atoms with Crippen LogP contribution in [0.25, 0.3) is 0 Å². The maximum absolute atomic E-state index is 15.5. The van der Waals surface area contributed by atoms with E-state index in [-0.39, 0.29) is 74.3 Å². The number of nitrogens with zero attached hydrogens (tertiary/aromatic N) is 1. The number of aliphatic imine (C=N–C) groups is 1. The Morgan fingerprint density at radius 3 is 1.62 bits per heavy atom. The number of primary amides is 1. The molecule has 1 aromatic rings. The molecule has 42 heteroatoms. The molecule has 0 radical (unpaired) electrons. The molecule has 1 saturated carbocycles. The fourth-order valence-corrected chi connectivity index (χ4v) is 10.5. The van der Waals surface area contributed by atoms with Gasteiger partial charge in [0.2, 0.25) is 65.0 Å². The van der Waals surface area contributed by atoms with Gasteiger partial charge < -0.3 is 111 Å². The first-order valence-electron chi connectivity index (χ1n) is 34.2. The van der Waals surface area contributed by atoms with Crippen LogP contribution < -0.4 is 76.1 Å². The third kappa shape index (κ3) is 34.3. The van der Waals surface area contributed by atoms with Gasteiger partial charge in [-0.25, -0.2) is 14.4 Å². The number of ether oxygens (including phenoxy) is 1. The van der Waals surface area contributed by atoms with Gasteiger partial charge in [0.15, 0.2) is 24.2 Å². The Morgan fingerprint density at radius 1 is 0.626 bits per heavy atom. The van der Waals surface area contributed by atoms with Crippen LogP contribution in [-0.4, -0.2) is 230 Å². The number of alkyl halides is 6. The molecule has 107 heavy (non-hydrogen) atoms. The van der Waals surface area contributed by atoms with Crippen LogP contribution >= 0.6 is 0 Å². The van der Waals surface area contributed by atoms with E-state index < -0.39 is 205 Å². The van der Waals surface area contributed by atoms with Gasteiger partial charge in [-0.1, -0.05) is 124 Å². The molecule has 1 aliphatic carbocycles. The van der Waals surface area contributed by atoms with Crippen LogP contribution in [0.3, 0.4) is 0 Å². The van der Waals surface area contributed by atoms with Crippen molar-refractivity contribution in [1.82, 2.24) is 53.2 Å². The number of aliphatic hydroxyl groups is 4. The third-order valence-electron chi connectivity index (χ3n) is 16.5. The van der Waals surface area contributed by atoms with Crippen molar-refractivity contribution in [3.8, 4) is 0 Å². The lowest BCUT2D eigenvalue weighted by Crippen LogP contribution is -2.64. The van der Waals surface area contributed by atoms with E-state index >= 15 is 9.59 Å². The highest BCUT2D eigenvalue weighted by molar-refractivity contribution is 6.00. The minimum Gasteiger partial charge on any atom is -0.475 e. The lowest BCUT2D eigenvalue weighted by molar-refractivity contribution is -0.193. The maximum Gasteiger partial charge on any atom is 0.490 e. The molecule has 0 unspecified atom stereocenters. The Balaban J connectivity index is 0.00000369. The molecule has 1 saturated heterocycles. The number of benzene rings is 1. The van der Waals surface area contributed by atoms with Gasteiger partial charge in [-0.2, -0.15) is 26.3 Å². The first kappa shape index (κ1) is 95.5. The molecule has 1 heterocycles. The van der Waals surface area contributed by atoms with E-state index in [1.807, 2.05) is 19.2 Å². The van der Waals surface area contributed by atoms with Gasteiger partial charge in [-0.3, -0.25) is 57.7 Å². The van der Waals surface area contributed by atoms with Crippen LogP contribution in [-0.2, 0) is 71.9 Å². The van der Waals surface area contributed by atoms with Crippen molar-refractivity contribution >= 4 is 88.8 Å². The highest BCUT2D eigenvalue weighted by Gasteiger charge is 2.45. The predicted molar refractivity (Wildman–Crippen MR) is 365 cm³/mol. The number of guanidine groups is 1. The summed E-state index contributed by atoms with van der Waals surface area (Å²) >= 11 is 0. The number of nitrogens with two attached hydrogens (primary N) is 4. The molecule has 0 bridgehead atoms. The number of hydrogen-bond acceptors (Lipinski definition) is 21. The molecule has 24 N–H and O–H groups in total. The lowest BCUT2D eigenvalue weighted by Gasteiger charge is -2.34. The first-order valence-corrected chi connectivity index (χ1v) is 34.2. The highest BCUT2D eigenvalue weighted by atomic mass is 19.4. The van der Waals surface area contributed by atoms with Gasteiger partial charge in [-0.15, -0.1) is 0 Å². The average Bonchev–Trinajstić information content (AvgIpc) is 0.813. The van der Waals surface area contributed by atoms with Crippen molar-refractivity contribution in [1.29, 1.82) is 0 Å². The summed E-state index contributed by atoms with van der Waals surface area (Å²) < 4.78 is 69.5. The number of carboxylic acids is 2. The predicted octanol–water partition coefficient (Wildman–Crippen LogP) is -3.24. The molecule has 606 valence electrons. The molecule has 0 spiro atoms. The number of nitrogens with one attached hydrogen (secondary N) is 10. The van der Waals surface area contributed by atoms with Crippen LogP contribution in [0.2, 0.25) is 0 Å². The Bertz CT molecular complexity index is 3160. The SMILES string of the molecule is CC[C@H](C)[C@@H]1NC(=O)[C@@H](CCCN=C(N)N)NC(=O)[C@H](CC(C)C)NC(=O)[C@H]([C@H](O)C(C)C)NC(=O)[C@@H](NC(=O)[C@H](CC2CCCCC2)NC(=O)[C@H](N)CC(C)C)[C@@H](c2ccccc2)OC(=O)[C@H](CO)NC(=O)[C@H]([C@H](O)C(N)=O)NC(=O)CNC(=O)[C@H]([C@H](C)O)NC1=O.O=C(O)C(F)(F)F.O=C(O)C(F)(F)F. The second-order valence-electron chi connectivity index (χ2n) is 26.8. The zero-order chi connectivity index (χ0) is 82.1. The van der Waals surface area contributed by atoms with Gasteiger partial charge in [0.1, 0.15) is 48.3 Å². The topological polar surface area (TPSA) is 606 Å². The molecular weight excluding hydrogens is 1440 g/mol. The number of cyclic esters (lactones) is 1. The molecule has 3 rings (SSSR count). The summed E-state index contributed by atoms with van der Waals surface area (Å²) in [6, 6.07) is -10.5. The molecule has 2 aliphatic rings. The van der Waals surface area contributed by atoms with E-state index in [0.29, 0.717) is 12.8 Å². The number of halogens is 6. The second kappa shape index (κ2) is 45.8. The summed E-state index contributed by atoms with van der Waals surface area (Å²) in [4.78, 5) is 193. The number of amides is 11. The Kier molecular flexibility index (Phi) is 40.9. The minimum atomic E-state index is -5.08. The van der Waals surface area contributed by atoms with Crippen molar-refractivity contribution in [2.24, 2.45) is 57.5 Å². The fourth-order valence-electron chi connectivity index (χ4n) is 10.5. The normalized spacial score (nSPS) is 23.6. The number of aliphatic carboxylic acids is 2. The van der Waals surface area contributed by atoms with Crippen LogP contribution in [0.4, 0.5) is 26.3 Å². The third-order valence-corrected chi connectivity index (χ3v) is 16.5. The maximum atomic E-state index is 15.5. The average molecular weight is 1540 g/mol. The number of carbonyl (C=O) groups is 14. The van der Waals surface area contributed by atoms with Crippen LogP contribution in [0.15, 0.2) is 35.3 Å². The number of aliphatic hydroxyl groups excluding tert-OH is 4. The molecule has 15 atom stereocenters. The molecule has 1 aliphatic heterocycles. The first-order chi connectivity index (χ1) is 49.6. The summed E-state index contributed by atoms with van der Waals surface area (Å²) in [5, 5.41) is 82.9. The molecule has 0 aromatic heterocycles. The summed E-state index contributed by atoms with van der Waals surface area (Å²) in [6.45, 7) is 12.0. The van der Waals surface area contributed by atoms with Gasteiger partial charge in [-0.05, 0) is 74.2 Å². The number of esters is 1. The van der Waals surface area contributed by atoms with E-state index in [2.05, 4.69) is 52.8 Å². The van der Waals surface area contributed by atoms with Crippen LogP contribution in [0.5, 0.6) is 0 Å². The van der Waals surface area contributed by atoms with E-state index in [0.717, 1.165) is 26.2 Å². The van der Waals surface area contributed by atoms with Gasteiger partial charge >= 0.3 is 30.3 Å². The number of carboxylic acid groups (broad SMARTS) is 2. The van der Waals surface area contributed by atoms with Gasteiger partial charge in [0.05, 0.1) is 31.4 Å². The van der Waals surface area contributed by atoms with E-state index in [1.54, 1.807) is 33.8 Å². The number of rotatable bonds is 23. The van der Waals surface area contributed by atoms with Crippen LogP contribution in [0, 0.1) is 29.6 Å². The molecule has 36 nitrogen and oxygen atoms in total. The van der Waals surface area contributed by atoms with Crippen molar-refractivity contribution in [2.75, 3.05) is 19.7 Å². The Labute approximate surface area is 612 Å². The van der Waals surface area contributed by atoms with E-state index in [1.165, 1.54) is 38.1 Å². The summed E-state index contributed by atoms with van der Waals surface area (Å²) in [5.74, 6) is -22.3. The monoisotopic (exact) mass is 1540 g/mol. The Morgan fingerprint density at radius 2 is 1.13 bits per heavy atom. The number of hydrogen-bond donors (Lipinski definition) is 20. The second-order valence-corrected chi connectivity index (χ2v) is 26.8. The highest BCUT2D eigenvalue weighted by Crippen LogP contribution is 2.29. The van der Waals surface area contributed by atoms with Crippen molar-refractivity contribution in [3.05, 3.63) is 35.9 Å². The standard InChI is InChI=1S/C61H101N15O17.2C2HF3O2/c1-10-32(8)42-56(88)74-43(33(9)78)55(87)67-27-41(79)72-45(48(81)50(63)82)58(90)71-40(28-77)60(92)93-49(35-20-15-12-16-21-35)46(76-54(86)39(26-34-18-13-11-14-19-34)69-51(83)36(62)24-29(2)3)59(91)75-44(47(80)31(6)7)57(89)70-38(25-30(4)5)53(85)68-37(52(84)73-42)22-17-23-66-61(64)65;2*3-2(4,5)1(6)7/h12,15-16,20-21,29-34,36-40,42-49,77-78,80-81H,10-11,13-14,17-19,22-28,62H2,1-9H3,(H2,63,82)(H,67,87)(H,68,85)(H,69,83)(H,70,89)(H,71,90)(H,72,79)(H,73,84)(H,74,88)(H,75,91)(H,76,86)(H4,64,65,66);2*(H,6,7)/t32-,33-,36+,37+,38-,39-,40-,42-,43-,44-,45-,46-,47+,48-,49+;;/m0../s1. The van der Waals surface area contributed by atoms with Gasteiger partial charge in [0, 0.05) is 6.54 Å². The minimum absolute atomic E-state index is 0.0429. The summed E-state index contributed by atoms with van der Waals surface area (Å²) in [7, 11) is 0. The van der Waals surface area contributed by atoms with Crippen LogP contribution in [0.1, 0.15) is 145 Å². The van der Waals surface area contributed by atoms with Crippen molar-refractivity contribution < 1.29 is 129 Å². The fraction of sp³-hybridized carbons (Fsp3) is 0.677. The zero-order valence-corrected chi connectivity index (χ0v) is 60.6. The van der Waals surface area contributed by atoms with E-state index in [9.17, 15) is 94.7 Å². The van der Waals surface area contributed by atoms with E-state index in [4.69, 9.17) is 47.5 Å². The Hall–Kier alpha value is -9.55. The van der Waals surface area contributed by atoms with Crippen molar-refractivity contribution in [3.63, 3.8) is 0 Å². The lowest BCUT2D eigenvalue weighted by atomic mass is 9.84. The smallest absolute Gasteiger partial charge is 0.475 e. The largest absolute Gasteiger partial charge is 0.490 e. The summed E-state index contributed by atoms with van der Waals surface area (Å²) in [5.41, 5.74) is 22.8. The molecule has 2 fully saturated rings. The quantitative estimate of drug-likeness (QED) is 0.0168. The van der Waals surface area contributed by atoms with Gasteiger partial charge in [0.25, 0.3) is 0 Å². The molecular formula is C65H103F6N15O21.